The maximum Gasteiger partial charge on any atom is 0.141 e. The monoisotopic (exact) mass is 252 g/mol. The molecule has 2 heterocycles. The Morgan fingerprint density at radius 1 is 1.56 bits per heavy atom. The van der Waals surface area contributed by atoms with E-state index >= 15 is 0 Å². The Bertz CT molecular complexity index is 393. The molecule has 100 valence electrons. The molecular weight excluding hydrogens is 232 g/mol. The minimum atomic E-state index is -0.674. The van der Waals surface area contributed by atoms with Gasteiger partial charge in [-0.3, -0.25) is 0 Å². The summed E-state index contributed by atoms with van der Waals surface area (Å²) in [6.07, 6.45) is 3.03. The number of hydrogen-bond acceptors (Lipinski definition) is 6. The lowest BCUT2D eigenvalue weighted by Gasteiger charge is -2.36. The molecule has 1 fully saturated rings. The van der Waals surface area contributed by atoms with Gasteiger partial charge in [0.25, 0.3) is 0 Å². The van der Waals surface area contributed by atoms with Crippen LogP contribution in [-0.4, -0.2) is 42.5 Å². The second-order valence-corrected chi connectivity index (χ2v) is 4.74. The van der Waals surface area contributed by atoms with Crippen molar-refractivity contribution >= 4 is 11.5 Å². The van der Waals surface area contributed by atoms with E-state index in [0.717, 1.165) is 5.69 Å². The molecule has 4 N–H and O–H groups in total. The molecule has 0 amide bonds. The van der Waals surface area contributed by atoms with E-state index in [-0.39, 0.29) is 0 Å². The zero-order valence-electron chi connectivity index (χ0n) is 10.6. The molecule has 6 heteroatoms. The lowest BCUT2D eigenvalue weighted by atomic mass is 9.94. The number of ether oxygens (including phenoxy) is 1. The third-order valence-electron chi connectivity index (χ3n) is 3.29. The van der Waals surface area contributed by atoms with Gasteiger partial charge in [0.1, 0.15) is 5.82 Å². The zero-order valence-corrected chi connectivity index (χ0v) is 10.6. The fourth-order valence-corrected chi connectivity index (χ4v) is 2.18. The van der Waals surface area contributed by atoms with E-state index in [4.69, 9.17) is 10.6 Å². The van der Waals surface area contributed by atoms with Crippen molar-refractivity contribution in [2.75, 3.05) is 37.1 Å². The molecule has 0 unspecified atom stereocenters. The number of nitrogens with zero attached hydrogens (tertiary/aromatic N) is 2. The van der Waals surface area contributed by atoms with Gasteiger partial charge in [-0.05, 0) is 6.07 Å². The van der Waals surface area contributed by atoms with Crippen LogP contribution in [-0.2, 0) is 4.74 Å². The SMILES string of the molecule is CN(CC1(O)CCOCC1)c1ccnc(NN)c1. The summed E-state index contributed by atoms with van der Waals surface area (Å²) in [5.41, 5.74) is 2.81. The molecule has 1 aromatic heterocycles. The van der Waals surface area contributed by atoms with E-state index in [1.54, 1.807) is 6.20 Å². The van der Waals surface area contributed by atoms with Crippen molar-refractivity contribution in [2.24, 2.45) is 5.84 Å². The molecule has 0 saturated carbocycles. The van der Waals surface area contributed by atoms with Crippen LogP contribution in [0.15, 0.2) is 18.3 Å². The van der Waals surface area contributed by atoms with Crippen LogP contribution in [0.25, 0.3) is 0 Å². The van der Waals surface area contributed by atoms with E-state index in [9.17, 15) is 5.11 Å². The second kappa shape index (κ2) is 5.51. The number of hydrazine groups is 1. The Hall–Kier alpha value is -1.37. The number of nitrogen functional groups attached to an aromatic ring is 1. The minimum Gasteiger partial charge on any atom is -0.388 e. The van der Waals surface area contributed by atoms with E-state index < -0.39 is 5.60 Å². The lowest BCUT2D eigenvalue weighted by molar-refractivity contribution is -0.0572. The van der Waals surface area contributed by atoms with Crippen molar-refractivity contribution in [1.29, 1.82) is 0 Å². The topological polar surface area (TPSA) is 83.6 Å². The third kappa shape index (κ3) is 3.10. The van der Waals surface area contributed by atoms with Gasteiger partial charge in [-0.1, -0.05) is 0 Å². The largest absolute Gasteiger partial charge is 0.388 e. The molecule has 2 rings (SSSR count). The zero-order chi connectivity index (χ0) is 13.0. The number of nitrogens with one attached hydrogen (secondary N) is 1. The highest BCUT2D eigenvalue weighted by atomic mass is 16.5. The van der Waals surface area contributed by atoms with Crippen molar-refractivity contribution in [2.45, 2.75) is 18.4 Å². The normalized spacial score (nSPS) is 18.4. The highest BCUT2D eigenvalue weighted by Crippen LogP contribution is 2.24. The predicted octanol–water partition coefficient (Wildman–Crippen LogP) is 0.345. The van der Waals surface area contributed by atoms with Crippen LogP contribution < -0.4 is 16.2 Å². The molecule has 0 radical (unpaired) electrons. The smallest absolute Gasteiger partial charge is 0.141 e. The molecule has 6 nitrogen and oxygen atoms in total. The molecule has 1 aliphatic heterocycles. The summed E-state index contributed by atoms with van der Waals surface area (Å²) in [4.78, 5) is 6.07. The first-order valence-electron chi connectivity index (χ1n) is 6.07. The second-order valence-electron chi connectivity index (χ2n) is 4.74. The molecule has 1 saturated heterocycles. The highest BCUT2D eigenvalue weighted by Gasteiger charge is 2.31. The molecule has 0 atom stereocenters. The van der Waals surface area contributed by atoms with Gasteiger partial charge in [-0.25, -0.2) is 10.8 Å². The molecule has 18 heavy (non-hydrogen) atoms. The molecule has 0 aliphatic carbocycles. The predicted molar refractivity (Wildman–Crippen MR) is 70.3 cm³/mol. The first-order chi connectivity index (χ1) is 8.63. The van der Waals surface area contributed by atoms with E-state index in [2.05, 4.69) is 10.4 Å². The van der Waals surface area contributed by atoms with Crippen LogP contribution >= 0.6 is 0 Å². The Balaban J connectivity index is 2.03. The summed E-state index contributed by atoms with van der Waals surface area (Å²) in [6, 6.07) is 3.74. The number of anilines is 2. The lowest BCUT2D eigenvalue weighted by Crippen LogP contribution is -2.45. The molecule has 1 aromatic rings. The van der Waals surface area contributed by atoms with Crippen molar-refractivity contribution < 1.29 is 9.84 Å². The number of aromatic nitrogens is 1. The first kappa shape index (κ1) is 13.1. The van der Waals surface area contributed by atoms with E-state index in [1.807, 2.05) is 24.1 Å². The fraction of sp³-hybridized carbons (Fsp3) is 0.583. The fourth-order valence-electron chi connectivity index (χ4n) is 2.18. The van der Waals surface area contributed by atoms with Gasteiger partial charge >= 0.3 is 0 Å². The summed E-state index contributed by atoms with van der Waals surface area (Å²) in [5, 5.41) is 10.5. The van der Waals surface area contributed by atoms with Gasteiger partial charge < -0.3 is 20.2 Å². The van der Waals surface area contributed by atoms with Crippen molar-refractivity contribution in [3.8, 4) is 0 Å². The van der Waals surface area contributed by atoms with Crippen LogP contribution in [0.2, 0.25) is 0 Å². The summed E-state index contributed by atoms with van der Waals surface area (Å²) >= 11 is 0. The quantitative estimate of drug-likeness (QED) is 0.529. The first-order valence-corrected chi connectivity index (χ1v) is 6.07. The summed E-state index contributed by atoms with van der Waals surface area (Å²) in [5.74, 6) is 5.94. The van der Waals surface area contributed by atoms with E-state index in [0.29, 0.717) is 38.4 Å². The maximum atomic E-state index is 10.5. The van der Waals surface area contributed by atoms with Crippen LogP contribution in [0.5, 0.6) is 0 Å². The molecular formula is C12H20N4O2. The Morgan fingerprint density at radius 3 is 2.94 bits per heavy atom. The molecule has 0 spiro atoms. The van der Waals surface area contributed by atoms with Crippen LogP contribution in [0, 0.1) is 0 Å². The maximum absolute atomic E-state index is 10.5. The average molecular weight is 252 g/mol. The third-order valence-corrected chi connectivity index (χ3v) is 3.29. The van der Waals surface area contributed by atoms with Gasteiger partial charge in [0.05, 0.1) is 5.60 Å². The molecule has 1 aliphatic rings. The van der Waals surface area contributed by atoms with Crippen LogP contribution in [0.1, 0.15) is 12.8 Å². The number of hydrogen-bond donors (Lipinski definition) is 3. The van der Waals surface area contributed by atoms with Gasteiger partial charge in [0, 0.05) is 57.6 Å². The van der Waals surface area contributed by atoms with Crippen molar-refractivity contribution in [1.82, 2.24) is 4.98 Å². The Morgan fingerprint density at radius 2 is 2.28 bits per heavy atom. The number of aliphatic hydroxyl groups is 1. The Labute approximate surface area is 107 Å². The van der Waals surface area contributed by atoms with Gasteiger partial charge in [0.2, 0.25) is 0 Å². The number of nitrogens with two attached hydrogens (primary N) is 1. The van der Waals surface area contributed by atoms with E-state index in [1.165, 1.54) is 0 Å². The minimum absolute atomic E-state index is 0.574. The van der Waals surface area contributed by atoms with Crippen molar-refractivity contribution in [3.05, 3.63) is 18.3 Å². The van der Waals surface area contributed by atoms with Gasteiger partial charge in [0.15, 0.2) is 0 Å². The Kier molecular flexibility index (Phi) is 4.00. The standard InChI is InChI=1S/C12H20N4O2/c1-16(9-12(17)3-6-18-7-4-12)10-2-5-14-11(8-10)15-13/h2,5,8,17H,3-4,6-7,9,13H2,1H3,(H,14,15). The molecule has 0 bridgehead atoms. The summed E-state index contributed by atoms with van der Waals surface area (Å²) in [7, 11) is 1.95. The van der Waals surface area contributed by atoms with Crippen molar-refractivity contribution in [3.63, 3.8) is 0 Å². The number of pyridine rings is 1. The molecule has 0 aromatic carbocycles. The van der Waals surface area contributed by atoms with Crippen LogP contribution in [0.3, 0.4) is 0 Å². The number of rotatable bonds is 4. The average Bonchev–Trinajstić information content (AvgIpc) is 2.39. The highest BCUT2D eigenvalue weighted by molar-refractivity contribution is 5.53. The van der Waals surface area contributed by atoms with Gasteiger partial charge in [-0.2, -0.15) is 0 Å². The van der Waals surface area contributed by atoms with Gasteiger partial charge in [-0.15, -0.1) is 0 Å². The summed E-state index contributed by atoms with van der Waals surface area (Å²) < 4.78 is 5.27. The van der Waals surface area contributed by atoms with Crippen LogP contribution in [0.4, 0.5) is 11.5 Å². The summed E-state index contributed by atoms with van der Waals surface area (Å²) in [6.45, 7) is 1.82. The number of likely N-dealkylation sites (N-methyl/N-ethyl adjacent to an activating group) is 1.